The van der Waals surface area contributed by atoms with Crippen molar-refractivity contribution in [3.63, 3.8) is 0 Å². The third-order valence-corrected chi connectivity index (χ3v) is 2.52. The Labute approximate surface area is 79.8 Å². The molecule has 0 aliphatic heterocycles. The van der Waals surface area contributed by atoms with Crippen LogP contribution < -0.4 is 0 Å². The van der Waals surface area contributed by atoms with Crippen LogP contribution in [-0.4, -0.2) is 0 Å². The first kappa shape index (κ1) is 14.5. The number of rotatable bonds is 3. The lowest BCUT2D eigenvalue weighted by Gasteiger charge is -2.33. The Morgan fingerprint density at radius 2 is 1.50 bits per heavy atom. The zero-order valence-corrected chi connectivity index (χ0v) is 9.07. The van der Waals surface area contributed by atoms with Crippen LogP contribution in [0.2, 0.25) is 0 Å². The number of hydrogen-bond acceptors (Lipinski definition) is 0. The Morgan fingerprint density at radius 3 is 1.58 bits per heavy atom. The molecule has 0 saturated heterocycles. The van der Waals surface area contributed by atoms with Crippen molar-refractivity contribution >= 4 is 0 Å². The van der Waals surface area contributed by atoms with E-state index in [-0.39, 0.29) is 7.43 Å². The van der Waals surface area contributed by atoms with Crippen molar-refractivity contribution in [2.45, 2.75) is 61.8 Å². The van der Waals surface area contributed by atoms with Gasteiger partial charge in [0.15, 0.2) is 0 Å². The molecule has 0 radical (unpaired) electrons. The summed E-state index contributed by atoms with van der Waals surface area (Å²) in [5.74, 6) is 1.71. The standard InChI is InChI=1S/C11H24.CH4/c1-7-8-10(9(2)3)11(4,5)6;/h9-10H,7-8H2,1-6H3;1H4/t10-;/m0./s1. The van der Waals surface area contributed by atoms with Crippen LogP contribution in [0, 0.1) is 17.3 Å². The fourth-order valence-electron chi connectivity index (χ4n) is 2.08. The van der Waals surface area contributed by atoms with Crippen LogP contribution in [-0.2, 0) is 0 Å². The molecule has 0 fully saturated rings. The van der Waals surface area contributed by atoms with Gasteiger partial charge in [0.2, 0.25) is 0 Å². The van der Waals surface area contributed by atoms with E-state index in [4.69, 9.17) is 0 Å². The van der Waals surface area contributed by atoms with Crippen molar-refractivity contribution in [2.24, 2.45) is 17.3 Å². The quantitative estimate of drug-likeness (QED) is 0.577. The fourth-order valence-corrected chi connectivity index (χ4v) is 2.08. The molecule has 0 saturated carbocycles. The van der Waals surface area contributed by atoms with Gasteiger partial charge in [-0.25, -0.2) is 0 Å². The zero-order chi connectivity index (χ0) is 9.07. The Hall–Kier alpha value is 0. The van der Waals surface area contributed by atoms with Crippen LogP contribution in [0.25, 0.3) is 0 Å². The third kappa shape index (κ3) is 4.79. The summed E-state index contributed by atoms with van der Waals surface area (Å²) in [6.45, 7) is 14.0. The van der Waals surface area contributed by atoms with Gasteiger partial charge in [0.05, 0.1) is 0 Å². The minimum absolute atomic E-state index is 0. The minimum Gasteiger partial charge on any atom is -0.0776 e. The fraction of sp³-hybridized carbons (Fsp3) is 1.00. The second-order valence-corrected chi connectivity index (χ2v) is 5.01. The molecule has 0 unspecified atom stereocenters. The van der Waals surface area contributed by atoms with E-state index >= 15 is 0 Å². The highest BCUT2D eigenvalue weighted by molar-refractivity contribution is 4.75. The van der Waals surface area contributed by atoms with Gasteiger partial charge in [-0.2, -0.15) is 0 Å². The molecular formula is C12H28. The van der Waals surface area contributed by atoms with E-state index in [0.717, 1.165) is 11.8 Å². The molecule has 0 bridgehead atoms. The highest BCUT2D eigenvalue weighted by Crippen LogP contribution is 2.35. The van der Waals surface area contributed by atoms with Gasteiger partial charge in [0, 0.05) is 0 Å². The number of hydrogen-bond donors (Lipinski definition) is 0. The molecule has 0 N–H and O–H groups in total. The molecular weight excluding hydrogens is 144 g/mol. The summed E-state index contributed by atoms with van der Waals surface area (Å²) in [4.78, 5) is 0. The van der Waals surface area contributed by atoms with Gasteiger partial charge >= 0.3 is 0 Å². The van der Waals surface area contributed by atoms with Crippen molar-refractivity contribution in [1.82, 2.24) is 0 Å². The molecule has 0 spiro atoms. The van der Waals surface area contributed by atoms with Crippen molar-refractivity contribution < 1.29 is 0 Å². The first-order chi connectivity index (χ1) is 4.89. The van der Waals surface area contributed by atoms with Crippen LogP contribution >= 0.6 is 0 Å². The lowest BCUT2D eigenvalue weighted by molar-refractivity contribution is 0.165. The predicted molar refractivity (Wildman–Crippen MR) is 59.4 cm³/mol. The van der Waals surface area contributed by atoms with Gasteiger partial charge in [0.25, 0.3) is 0 Å². The molecule has 0 aromatic heterocycles. The maximum Gasteiger partial charge on any atom is -0.0342 e. The largest absolute Gasteiger partial charge is 0.0776 e. The van der Waals surface area contributed by atoms with E-state index in [1.165, 1.54) is 12.8 Å². The van der Waals surface area contributed by atoms with Gasteiger partial charge in [-0.1, -0.05) is 55.4 Å². The maximum absolute atomic E-state index is 2.35. The summed E-state index contributed by atoms with van der Waals surface area (Å²) >= 11 is 0. The van der Waals surface area contributed by atoms with Gasteiger partial charge in [-0.05, 0) is 23.7 Å². The summed E-state index contributed by atoms with van der Waals surface area (Å²) in [6, 6.07) is 0. The molecule has 76 valence electrons. The molecule has 0 heteroatoms. The second kappa shape index (κ2) is 5.61. The molecule has 0 rings (SSSR count). The molecule has 0 aromatic rings. The highest BCUT2D eigenvalue weighted by Gasteiger charge is 2.25. The Morgan fingerprint density at radius 1 is 1.08 bits per heavy atom. The smallest absolute Gasteiger partial charge is 0.0342 e. The molecule has 0 aliphatic carbocycles. The van der Waals surface area contributed by atoms with E-state index in [9.17, 15) is 0 Å². The van der Waals surface area contributed by atoms with Crippen molar-refractivity contribution in [3.05, 3.63) is 0 Å². The van der Waals surface area contributed by atoms with Gasteiger partial charge in [0.1, 0.15) is 0 Å². The van der Waals surface area contributed by atoms with E-state index in [0.29, 0.717) is 5.41 Å². The molecule has 0 aromatic carbocycles. The molecule has 0 nitrogen and oxygen atoms in total. The lowest BCUT2D eigenvalue weighted by Crippen LogP contribution is -2.25. The lowest BCUT2D eigenvalue weighted by atomic mass is 9.72. The van der Waals surface area contributed by atoms with E-state index in [2.05, 4.69) is 41.5 Å². The van der Waals surface area contributed by atoms with Gasteiger partial charge < -0.3 is 0 Å². The highest BCUT2D eigenvalue weighted by atomic mass is 14.3. The summed E-state index contributed by atoms with van der Waals surface area (Å²) < 4.78 is 0. The topological polar surface area (TPSA) is 0 Å². The summed E-state index contributed by atoms with van der Waals surface area (Å²) in [5, 5.41) is 0. The Bertz CT molecular complexity index is 95.1. The SMILES string of the molecule is C.CCC[C@@H](C(C)C)C(C)(C)C. The van der Waals surface area contributed by atoms with Crippen molar-refractivity contribution in [1.29, 1.82) is 0 Å². The van der Waals surface area contributed by atoms with Gasteiger partial charge in [-0.15, -0.1) is 0 Å². The molecule has 0 aliphatic rings. The molecule has 0 amide bonds. The van der Waals surface area contributed by atoms with E-state index in [1.54, 1.807) is 0 Å². The molecule has 0 heterocycles. The molecule has 12 heavy (non-hydrogen) atoms. The van der Waals surface area contributed by atoms with Crippen molar-refractivity contribution in [2.75, 3.05) is 0 Å². The summed E-state index contributed by atoms with van der Waals surface area (Å²) in [6.07, 6.45) is 2.70. The third-order valence-electron chi connectivity index (χ3n) is 2.52. The predicted octanol–water partition coefficient (Wildman–Crippen LogP) is 4.74. The summed E-state index contributed by atoms with van der Waals surface area (Å²) in [5.41, 5.74) is 0.490. The van der Waals surface area contributed by atoms with Crippen LogP contribution in [0.4, 0.5) is 0 Å². The van der Waals surface area contributed by atoms with E-state index < -0.39 is 0 Å². The van der Waals surface area contributed by atoms with Crippen LogP contribution in [0.3, 0.4) is 0 Å². The molecule has 1 atom stereocenters. The monoisotopic (exact) mass is 172 g/mol. The van der Waals surface area contributed by atoms with E-state index in [1.807, 2.05) is 0 Å². The Kier molecular flexibility index (Phi) is 6.79. The average molecular weight is 172 g/mol. The van der Waals surface area contributed by atoms with Crippen LogP contribution in [0.1, 0.15) is 61.8 Å². The van der Waals surface area contributed by atoms with Gasteiger partial charge in [-0.3, -0.25) is 0 Å². The first-order valence-electron chi connectivity index (χ1n) is 4.89. The van der Waals surface area contributed by atoms with Crippen molar-refractivity contribution in [3.8, 4) is 0 Å². The average Bonchev–Trinajstić information content (AvgIpc) is 1.79. The second-order valence-electron chi connectivity index (χ2n) is 5.01. The van der Waals surface area contributed by atoms with Crippen LogP contribution in [0.5, 0.6) is 0 Å². The maximum atomic E-state index is 2.35. The van der Waals surface area contributed by atoms with Crippen LogP contribution in [0.15, 0.2) is 0 Å². The summed E-state index contributed by atoms with van der Waals surface area (Å²) in [7, 11) is 0. The zero-order valence-electron chi connectivity index (χ0n) is 9.07. The minimum atomic E-state index is 0. The Balaban J connectivity index is 0. The normalized spacial score (nSPS) is 14.2. The first-order valence-corrected chi connectivity index (χ1v) is 4.89.